The summed E-state index contributed by atoms with van der Waals surface area (Å²) in [5.74, 6) is -0.201. The number of halogens is 2. The Labute approximate surface area is 123 Å². The van der Waals surface area contributed by atoms with E-state index < -0.39 is 0 Å². The van der Waals surface area contributed by atoms with Gasteiger partial charge in [0, 0.05) is 24.2 Å². The molecule has 1 unspecified atom stereocenters. The third kappa shape index (κ3) is 2.86. The molecule has 5 heteroatoms. The molecule has 0 fully saturated rings. The molecule has 1 aromatic carbocycles. The van der Waals surface area contributed by atoms with Crippen molar-refractivity contribution in [2.75, 3.05) is 7.05 Å². The van der Waals surface area contributed by atoms with E-state index in [1.54, 1.807) is 17.8 Å². The molecule has 0 saturated carbocycles. The molecular weight excluding hydrogens is 277 g/mol. The minimum Gasteiger partial charge on any atom is -0.313 e. The Balaban J connectivity index is 2.36. The first-order valence-electron chi connectivity index (χ1n) is 6.55. The van der Waals surface area contributed by atoms with Gasteiger partial charge in [0.1, 0.15) is 11.0 Å². The summed E-state index contributed by atoms with van der Waals surface area (Å²) >= 11 is 6.25. The van der Waals surface area contributed by atoms with E-state index >= 15 is 0 Å². The van der Waals surface area contributed by atoms with E-state index in [1.807, 2.05) is 27.0 Å². The molecule has 0 radical (unpaired) electrons. The monoisotopic (exact) mass is 295 g/mol. The molecule has 0 saturated heterocycles. The van der Waals surface area contributed by atoms with Crippen molar-refractivity contribution in [3.63, 3.8) is 0 Å². The zero-order valence-electron chi connectivity index (χ0n) is 12.2. The molecule has 20 heavy (non-hydrogen) atoms. The maximum Gasteiger partial charge on any atom is 0.130 e. The predicted octanol–water partition coefficient (Wildman–Crippen LogP) is 3.33. The van der Waals surface area contributed by atoms with Crippen LogP contribution in [0.25, 0.3) is 0 Å². The average Bonchev–Trinajstić information content (AvgIpc) is 2.65. The summed E-state index contributed by atoms with van der Waals surface area (Å²) < 4.78 is 15.7. The molecule has 1 atom stereocenters. The van der Waals surface area contributed by atoms with Crippen molar-refractivity contribution < 1.29 is 4.39 Å². The fraction of sp³-hybridized carbons (Fsp3) is 0.400. The smallest absolute Gasteiger partial charge is 0.130 e. The van der Waals surface area contributed by atoms with Crippen molar-refractivity contribution in [2.45, 2.75) is 26.3 Å². The molecule has 108 valence electrons. The van der Waals surface area contributed by atoms with Gasteiger partial charge in [0.2, 0.25) is 0 Å². The van der Waals surface area contributed by atoms with Crippen LogP contribution in [-0.2, 0) is 13.5 Å². The summed E-state index contributed by atoms with van der Waals surface area (Å²) in [5, 5.41) is 8.06. The van der Waals surface area contributed by atoms with Crippen molar-refractivity contribution in [1.29, 1.82) is 0 Å². The van der Waals surface area contributed by atoms with E-state index in [9.17, 15) is 4.39 Å². The largest absolute Gasteiger partial charge is 0.313 e. The van der Waals surface area contributed by atoms with Gasteiger partial charge in [-0.1, -0.05) is 29.3 Å². The van der Waals surface area contributed by atoms with Gasteiger partial charge in [-0.25, -0.2) is 4.39 Å². The standard InChI is InChI=1S/C15H19ClFN3/c1-9-5-6-13(17)12(7-9)14(18-3)8-11-10(2)19-20(4)15(11)16/h5-7,14,18H,8H2,1-4H3. The van der Waals surface area contributed by atoms with Crippen LogP contribution in [0.15, 0.2) is 18.2 Å². The highest BCUT2D eigenvalue weighted by molar-refractivity contribution is 6.30. The van der Waals surface area contributed by atoms with Crippen LogP contribution < -0.4 is 5.32 Å². The summed E-state index contributed by atoms with van der Waals surface area (Å²) in [5.41, 5.74) is 3.53. The molecule has 3 nitrogen and oxygen atoms in total. The highest BCUT2D eigenvalue weighted by Gasteiger charge is 2.20. The molecule has 1 aromatic heterocycles. The van der Waals surface area contributed by atoms with Gasteiger partial charge in [-0.05, 0) is 33.4 Å². The van der Waals surface area contributed by atoms with E-state index in [0.29, 0.717) is 17.1 Å². The lowest BCUT2D eigenvalue weighted by Gasteiger charge is -2.18. The van der Waals surface area contributed by atoms with Crippen LogP contribution in [0.3, 0.4) is 0 Å². The van der Waals surface area contributed by atoms with Crippen molar-refractivity contribution in [3.05, 3.63) is 51.6 Å². The van der Waals surface area contributed by atoms with Gasteiger partial charge >= 0.3 is 0 Å². The maximum atomic E-state index is 14.0. The highest BCUT2D eigenvalue weighted by atomic mass is 35.5. The van der Waals surface area contributed by atoms with Gasteiger partial charge in [0.25, 0.3) is 0 Å². The molecule has 0 aliphatic heterocycles. The third-order valence-electron chi connectivity index (χ3n) is 3.55. The summed E-state index contributed by atoms with van der Waals surface area (Å²) in [7, 11) is 3.63. The number of rotatable bonds is 4. The van der Waals surface area contributed by atoms with E-state index in [0.717, 1.165) is 16.8 Å². The van der Waals surface area contributed by atoms with Crippen LogP contribution in [-0.4, -0.2) is 16.8 Å². The molecule has 0 aliphatic rings. The second-order valence-corrected chi connectivity index (χ2v) is 5.41. The number of nitrogens with zero attached hydrogens (tertiary/aromatic N) is 2. The molecule has 1 N–H and O–H groups in total. The van der Waals surface area contributed by atoms with Crippen LogP contribution in [0.1, 0.15) is 28.4 Å². The summed E-state index contributed by atoms with van der Waals surface area (Å²) in [6.07, 6.45) is 0.607. The second-order valence-electron chi connectivity index (χ2n) is 5.05. The van der Waals surface area contributed by atoms with E-state index in [4.69, 9.17) is 11.6 Å². The Bertz CT molecular complexity index is 622. The van der Waals surface area contributed by atoms with Crippen LogP contribution in [0.5, 0.6) is 0 Å². The molecule has 0 spiro atoms. The zero-order valence-corrected chi connectivity index (χ0v) is 12.9. The lowest BCUT2D eigenvalue weighted by Crippen LogP contribution is -2.20. The predicted molar refractivity (Wildman–Crippen MR) is 79.6 cm³/mol. The maximum absolute atomic E-state index is 14.0. The molecule has 1 heterocycles. The van der Waals surface area contributed by atoms with E-state index in [-0.39, 0.29) is 11.9 Å². The SMILES string of the molecule is CNC(Cc1c(C)nn(C)c1Cl)c1cc(C)ccc1F. The summed E-state index contributed by atoms with van der Waals surface area (Å²) in [6.45, 7) is 3.87. The van der Waals surface area contributed by atoms with E-state index in [2.05, 4.69) is 10.4 Å². The molecule has 0 bridgehead atoms. The minimum atomic E-state index is -0.201. The Morgan fingerprint density at radius 2 is 2.10 bits per heavy atom. The number of aryl methyl sites for hydroxylation is 3. The van der Waals surface area contributed by atoms with Crippen LogP contribution >= 0.6 is 11.6 Å². The lowest BCUT2D eigenvalue weighted by molar-refractivity contribution is 0.532. The Kier molecular flexibility index (Phi) is 4.45. The minimum absolute atomic E-state index is 0.129. The molecule has 0 aliphatic carbocycles. The fourth-order valence-electron chi connectivity index (χ4n) is 2.41. The van der Waals surface area contributed by atoms with Gasteiger partial charge in [-0.15, -0.1) is 0 Å². The van der Waals surface area contributed by atoms with Crippen molar-refractivity contribution in [2.24, 2.45) is 7.05 Å². The van der Waals surface area contributed by atoms with Crippen molar-refractivity contribution in [1.82, 2.24) is 15.1 Å². The first-order chi connectivity index (χ1) is 9.43. The molecule has 0 amide bonds. The van der Waals surface area contributed by atoms with Crippen LogP contribution in [0.2, 0.25) is 5.15 Å². The van der Waals surface area contributed by atoms with E-state index in [1.165, 1.54) is 6.07 Å². The number of benzene rings is 1. The zero-order chi connectivity index (χ0) is 14.9. The molecule has 2 rings (SSSR count). The highest BCUT2D eigenvalue weighted by Crippen LogP contribution is 2.27. The Hall–Kier alpha value is -1.39. The van der Waals surface area contributed by atoms with Gasteiger partial charge in [-0.3, -0.25) is 4.68 Å². The van der Waals surface area contributed by atoms with Crippen molar-refractivity contribution in [3.8, 4) is 0 Å². The van der Waals surface area contributed by atoms with Crippen LogP contribution in [0, 0.1) is 19.7 Å². The first kappa shape index (κ1) is 15.0. The second kappa shape index (κ2) is 5.94. The number of hydrogen-bond acceptors (Lipinski definition) is 2. The topological polar surface area (TPSA) is 29.9 Å². The van der Waals surface area contributed by atoms with Crippen LogP contribution in [0.4, 0.5) is 4.39 Å². The quantitative estimate of drug-likeness (QED) is 0.937. The summed E-state index contributed by atoms with van der Waals surface area (Å²) in [4.78, 5) is 0. The normalized spacial score (nSPS) is 12.7. The Morgan fingerprint density at radius 3 is 2.65 bits per heavy atom. The molecule has 2 aromatic rings. The summed E-state index contributed by atoms with van der Waals surface area (Å²) in [6, 6.07) is 5.02. The van der Waals surface area contributed by atoms with Gasteiger partial charge in [0.05, 0.1) is 5.69 Å². The van der Waals surface area contributed by atoms with Gasteiger partial charge in [-0.2, -0.15) is 5.10 Å². The van der Waals surface area contributed by atoms with Gasteiger partial charge < -0.3 is 5.32 Å². The number of nitrogens with one attached hydrogen (secondary N) is 1. The Morgan fingerprint density at radius 1 is 1.40 bits per heavy atom. The number of likely N-dealkylation sites (N-methyl/N-ethyl adjacent to an activating group) is 1. The average molecular weight is 296 g/mol. The number of aromatic nitrogens is 2. The first-order valence-corrected chi connectivity index (χ1v) is 6.93. The van der Waals surface area contributed by atoms with Gasteiger partial charge in [0.15, 0.2) is 0 Å². The lowest BCUT2D eigenvalue weighted by atomic mass is 9.97. The number of hydrogen-bond donors (Lipinski definition) is 1. The van der Waals surface area contributed by atoms with Crippen molar-refractivity contribution >= 4 is 11.6 Å². The molecular formula is C15H19ClFN3. The third-order valence-corrected chi connectivity index (χ3v) is 4.03. The fourth-order valence-corrected chi connectivity index (χ4v) is 2.66.